The first kappa shape index (κ1) is 18.2. The van der Waals surface area contributed by atoms with E-state index in [9.17, 15) is 24.1 Å². The second-order valence-electron chi connectivity index (χ2n) is 6.07. The fraction of sp³-hybridized carbons (Fsp3) is 0.158. The van der Waals surface area contributed by atoms with Crippen molar-refractivity contribution in [2.24, 2.45) is 0 Å². The van der Waals surface area contributed by atoms with Crippen LogP contribution in [0.25, 0.3) is 6.08 Å². The Labute approximate surface area is 154 Å². The lowest BCUT2D eigenvalue weighted by Gasteiger charge is -2.16. The maximum absolute atomic E-state index is 13.0. The van der Waals surface area contributed by atoms with E-state index in [-0.39, 0.29) is 35.8 Å². The molecule has 1 aliphatic heterocycles. The summed E-state index contributed by atoms with van der Waals surface area (Å²) in [7, 11) is 0. The fourth-order valence-corrected chi connectivity index (χ4v) is 2.80. The number of nitro groups is 1. The van der Waals surface area contributed by atoms with E-state index in [0.29, 0.717) is 17.8 Å². The average Bonchev–Trinajstić information content (AvgIpc) is 3.01. The van der Waals surface area contributed by atoms with Gasteiger partial charge in [-0.1, -0.05) is 0 Å². The van der Waals surface area contributed by atoms with Gasteiger partial charge in [0.2, 0.25) is 11.8 Å². The summed E-state index contributed by atoms with van der Waals surface area (Å²) in [6, 6.07) is 11.0. The number of nitrogens with one attached hydrogen (secondary N) is 1. The summed E-state index contributed by atoms with van der Waals surface area (Å²) < 4.78 is 13.0. The molecular formula is C19H16FN3O4. The van der Waals surface area contributed by atoms with Crippen molar-refractivity contribution in [1.29, 1.82) is 0 Å². The summed E-state index contributed by atoms with van der Waals surface area (Å²) in [5, 5.41) is 13.4. The molecule has 0 saturated carbocycles. The highest BCUT2D eigenvalue weighted by atomic mass is 19.1. The molecule has 27 heavy (non-hydrogen) atoms. The third-order valence-corrected chi connectivity index (χ3v) is 4.14. The van der Waals surface area contributed by atoms with Gasteiger partial charge in [-0.05, 0) is 48.0 Å². The minimum absolute atomic E-state index is 0.0260. The van der Waals surface area contributed by atoms with Crippen LogP contribution in [0, 0.1) is 15.9 Å². The molecule has 0 unspecified atom stereocenters. The van der Waals surface area contributed by atoms with Gasteiger partial charge in [0, 0.05) is 36.9 Å². The smallest absolute Gasteiger partial charge is 0.269 e. The van der Waals surface area contributed by atoms with Crippen molar-refractivity contribution in [3.8, 4) is 0 Å². The van der Waals surface area contributed by atoms with Gasteiger partial charge in [-0.25, -0.2) is 4.39 Å². The Bertz CT molecular complexity index is 894. The van der Waals surface area contributed by atoms with Crippen LogP contribution < -0.4 is 10.2 Å². The molecule has 1 N–H and O–H groups in total. The molecule has 7 nitrogen and oxygen atoms in total. The van der Waals surface area contributed by atoms with E-state index in [1.54, 1.807) is 0 Å². The zero-order chi connectivity index (χ0) is 19.4. The molecule has 0 aliphatic carbocycles. The van der Waals surface area contributed by atoms with E-state index in [2.05, 4.69) is 5.32 Å². The van der Waals surface area contributed by atoms with Crippen LogP contribution >= 0.6 is 0 Å². The molecule has 2 aromatic carbocycles. The number of anilines is 1. The zero-order valence-corrected chi connectivity index (χ0v) is 14.2. The van der Waals surface area contributed by atoms with E-state index in [0.717, 1.165) is 0 Å². The van der Waals surface area contributed by atoms with E-state index >= 15 is 0 Å². The van der Waals surface area contributed by atoms with Crippen molar-refractivity contribution >= 4 is 29.3 Å². The zero-order valence-electron chi connectivity index (χ0n) is 14.2. The molecule has 0 radical (unpaired) electrons. The van der Waals surface area contributed by atoms with Crippen molar-refractivity contribution in [2.75, 3.05) is 11.4 Å². The number of nitrogens with zero attached hydrogens (tertiary/aromatic N) is 2. The number of non-ortho nitro benzene ring substituents is 1. The van der Waals surface area contributed by atoms with Crippen LogP contribution in [0.15, 0.2) is 54.6 Å². The monoisotopic (exact) mass is 369 g/mol. The van der Waals surface area contributed by atoms with E-state index in [1.165, 1.54) is 65.6 Å². The van der Waals surface area contributed by atoms with Gasteiger partial charge < -0.3 is 10.2 Å². The maximum Gasteiger partial charge on any atom is 0.269 e. The van der Waals surface area contributed by atoms with Crippen LogP contribution in [0.3, 0.4) is 0 Å². The lowest BCUT2D eigenvalue weighted by atomic mass is 10.2. The number of hydrogen-bond donors (Lipinski definition) is 1. The number of rotatable bonds is 5. The second kappa shape index (κ2) is 7.77. The molecule has 3 rings (SSSR count). The summed E-state index contributed by atoms with van der Waals surface area (Å²) in [5.41, 5.74) is 1.20. The lowest BCUT2D eigenvalue weighted by Crippen LogP contribution is -2.36. The summed E-state index contributed by atoms with van der Waals surface area (Å²) in [4.78, 5) is 35.8. The summed E-state index contributed by atoms with van der Waals surface area (Å²) in [6.07, 6.45) is 3.01. The van der Waals surface area contributed by atoms with Crippen LogP contribution in [0.4, 0.5) is 15.8 Å². The molecule has 138 valence electrons. The molecular weight excluding hydrogens is 353 g/mol. The van der Waals surface area contributed by atoms with Crippen molar-refractivity contribution in [1.82, 2.24) is 5.32 Å². The third kappa shape index (κ3) is 4.55. The van der Waals surface area contributed by atoms with E-state index in [1.807, 2.05) is 0 Å². The van der Waals surface area contributed by atoms with Gasteiger partial charge in [0.25, 0.3) is 5.69 Å². The molecule has 1 saturated heterocycles. The molecule has 2 aromatic rings. The molecule has 0 bridgehead atoms. The predicted octanol–water partition coefficient (Wildman–Crippen LogP) is 2.67. The first-order chi connectivity index (χ1) is 12.9. The van der Waals surface area contributed by atoms with Crippen LogP contribution in [-0.4, -0.2) is 29.3 Å². The number of amides is 2. The first-order valence-corrected chi connectivity index (χ1v) is 8.21. The standard InChI is InChI=1S/C19H16FN3O4/c20-14-4-8-16(9-5-14)22-12-15(11-19(22)25)21-18(24)10-3-13-1-6-17(7-2-13)23(26)27/h1-10,15H,11-12H2,(H,21,24)/b10-3-/t15-/m1/s1. The summed E-state index contributed by atoms with van der Waals surface area (Å²) >= 11 is 0. The highest BCUT2D eigenvalue weighted by Crippen LogP contribution is 2.22. The van der Waals surface area contributed by atoms with Crippen LogP contribution in [0.2, 0.25) is 0 Å². The van der Waals surface area contributed by atoms with Gasteiger partial charge in [-0.3, -0.25) is 19.7 Å². The fourth-order valence-electron chi connectivity index (χ4n) is 2.80. The Morgan fingerprint density at radius 1 is 1.19 bits per heavy atom. The maximum atomic E-state index is 13.0. The topological polar surface area (TPSA) is 92.5 Å². The summed E-state index contributed by atoms with van der Waals surface area (Å²) in [5.74, 6) is -0.898. The van der Waals surface area contributed by atoms with E-state index < -0.39 is 4.92 Å². The molecule has 0 aromatic heterocycles. The average molecular weight is 369 g/mol. The first-order valence-electron chi connectivity index (χ1n) is 8.21. The normalized spacial score (nSPS) is 16.7. The van der Waals surface area contributed by atoms with Crippen molar-refractivity contribution in [3.63, 3.8) is 0 Å². The van der Waals surface area contributed by atoms with Crippen molar-refractivity contribution in [3.05, 3.63) is 76.1 Å². The van der Waals surface area contributed by atoms with Gasteiger partial charge >= 0.3 is 0 Å². The molecule has 1 heterocycles. The molecule has 2 amide bonds. The Balaban J connectivity index is 1.57. The SMILES string of the molecule is O=C(/C=C\c1ccc([N+](=O)[O-])cc1)N[C@@H]1CC(=O)N(c2ccc(F)cc2)C1. The van der Waals surface area contributed by atoms with Crippen LogP contribution in [0.1, 0.15) is 12.0 Å². The van der Waals surface area contributed by atoms with Gasteiger partial charge in [0.1, 0.15) is 5.82 Å². The van der Waals surface area contributed by atoms with Gasteiger partial charge in [0.15, 0.2) is 0 Å². The molecule has 0 spiro atoms. The van der Waals surface area contributed by atoms with Crippen molar-refractivity contribution in [2.45, 2.75) is 12.5 Å². The third-order valence-electron chi connectivity index (χ3n) is 4.14. The van der Waals surface area contributed by atoms with Crippen molar-refractivity contribution < 1.29 is 18.9 Å². The highest BCUT2D eigenvalue weighted by Gasteiger charge is 2.31. The number of hydrogen-bond acceptors (Lipinski definition) is 4. The molecule has 8 heteroatoms. The molecule has 1 aliphatic rings. The van der Waals surface area contributed by atoms with Gasteiger partial charge in [0.05, 0.1) is 11.0 Å². The van der Waals surface area contributed by atoms with Crippen LogP contribution in [0.5, 0.6) is 0 Å². The summed E-state index contributed by atoms with van der Waals surface area (Å²) in [6.45, 7) is 0.307. The number of carbonyl (C=O) groups excluding carboxylic acids is 2. The Morgan fingerprint density at radius 3 is 2.48 bits per heavy atom. The quantitative estimate of drug-likeness (QED) is 0.498. The minimum Gasteiger partial charge on any atom is -0.347 e. The number of nitro benzene ring substituents is 1. The van der Waals surface area contributed by atoms with E-state index in [4.69, 9.17) is 0 Å². The number of carbonyl (C=O) groups is 2. The lowest BCUT2D eigenvalue weighted by molar-refractivity contribution is -0.384. The minimum atomic E-state index is -0.496. The molecule has 1 fully saturated rings. The second-order valence-corrected chi connectivity index (χ2v) is 6.07. The molecule has 1 atom stereocenters. The number of benzene rings is 2. The highest BCUT2D eigenvalue weighted by molar-refractivity contribution is 5.98. The van der Waals surface area contributed by atoms with Gasteiger partial charge in [-0.2, -0.15) is 0 Å². The Kier molecular flexibility index (Phi) is 5.25. The largest absolute Gasteiger partial charge is 0.347 e. The number of halogens is 1. The van der Waals surface area contributed by atoms with Crippen LogP contribution in [-0.2, 0) is 9.59 Å². The predicted molar refractivity (Wildman–Crippen MR) is 97.4 cm³/mol. The Hall–Kier alpha value is -3.55. The Morgan fingerprint density at radius 2 is 1.85 bits per heavy atom. The van der Waals surface area contributed by atoms with Gasteiger partial charge in [-0.15, -0.1) is 0 Å².